The maximum absolute atomic E-state index is 12.0. The number of urea groups is 1. The van der Waals surface area contributed by atoms with Crippen molar-refractivity contribution >= 4 is 56.0 Å². The largest absolute Gasteiger partial charge is 0.481 e. The molecule has 0 unspecified atom stereocenters. The van der Waals surface area contributed by atoms with Gasteiger partial charge in [0.15, 0.2) is 5.13 Å². The second-order valence-electron chi connectivity index (χ2n) is 9.28. The highest BCUT2D eigenvalue weighted by atomic mass is 32.1. The van der Waals surface area contributed by atoms with Gasteiger partial charge in [-0.3, -0.25) is 9.69 Å². The van der Waals surface area contributed by atoms with Crippen LogP contribution in [0, 0.1) is 5.41 Å². The normalized spacial score (nSPS) is 15.0. The summed E-state index contributed by atoms with van der Waals surface area (Å²) in [4.78, 5) is 45.4. The topological polar surface area (TPSA) is 148 Å². The highest BCUT2D eigenvalue weighted by molar-refractivity contribution is 7.23. The SMILES string of the molecule is CCN(C(N)=O)c1nc2cc(-c3cnc(N4CCC(C)(C(=O)O)CC4)nc3)cc(-c3csc(OC)n3)c2s1. The van der Waals surface area contributed by atoms with Gasteiger partial charge in [0.2, 0.25) is 5.95 Å². The number of aliphatic carboxylic acids is 1. The van der Waals surface area contributed by atoms with Crippen molar-refractivity contribution in [1.29, 1.82) is 0 Å². The molecule has 1 saturated heterocycles. The van der Waals surface area contributed by atoms with Gasteiger partial charge in [-0.15, -0.1) is 0 Å². The molecule has 0 spiro atoms. The van der Waals surface area contributed by atoms with Gasteiger partial charge in [-0.1, -0.05) is 22.7 Å². The number of methoxy groups -OCH3 is 1. The Bertz CT molecular complexity index is 1490. The van der Waals surface area contributed by atoms with Crippen LogP contribution in [0.5, 0.6) is 5.19 Å². The summed E-state index contributed by atoms with van der Waals surface area (Å²) in [5.74, 6) is -0.192. The van der Waals surface area contributed by atoms with Crippen molar-refractivity contribution in [2.24, 2.45) is 11.1 Å². The van der Waals surface area contributed by atoms with Crippen molar-refractivity contribution in [2.75, 3.05) is 36.5 Å². The first-order valence-corrected chi connectivity index (χ1v) is 13.7. The van der Waals surface area contributed by atoms with Crippen LogP contribution >= 0.6 is 22.7 Å². The first-order valence-electron chi connectivity index (χ1n) is 12.0. The Hall–Kier alpha value is -3.84. The van der Waals surface area contributed by atoms with Gasteiger partial charge in [0.05, 0.1) is 28.4 Å². The van der Waals surface area contributed by atoms with Crippen LogP contribution in [0.2, 0.25) is 0 Å². The van der Waals surface area contributed by atoms with Crippen molar-refractivity contribution in [2.45, 2.75) is 26.7 Å². The molecule has 1 aromatic carbocycles. The summed E-state index contributed by atoms with van der Waals surface area (Å²) in [6.07, 6.45) is 4.59. The maximum Gasteiger partial charge on any atom is 0.321 e. The summed E-state index contributed by atoms with van der Waals surface area (Å²) >= 11 is 2.78. The van der Waals surface area contributed by atoms with E-state index < -0.39 is 17.4 Å². The molecule has 0 radical (unpaired) electrons. The van der Waals surface area contributed by atoms with E-state index >= 15 is 0 Å². The van der Waals surface area contributed by atoms with E-state index in [1.54, 1.807) is 26.4 Å². The lowest BCUT2D eigenvalue weighted by molar-refractivity contribution is -0.149. The minimum absolute atomic E-state index is 0.402. The van der Waals surface area contributed by atoms with Crippen LogP contribution in [0.3, 0.4) is 0 Å². The molecule has 0 bridgehead atoms. The first kappa shape index (κ1) is 25.8. The number of hydrogen-bond donors (Lipinski definition) is 2. The summed E-state index contributed by atoms with van der Waals surface area (Å²) in [5.41, 5.74) is 8.81. The smallest absolute Gasteiger partial charge is 0.321 e. The van der Waals surface area contributed by atoms with Crippen molar-refractivity contribution in [3.63, 3.8) is 0 Å². The average molecular weight is 554 g/mol. The Balaban J connectivity index is 1.51. The summed E-state index contributed by atoms with van der Waals surface area (Å²) in [5, 5.41) is 12.5. The van der Waals surface area contributed by atoms with Crippen molar-refractivity contribution in [3.8, 4) is 27.6 Å². The molecule has 198 valence electrons. The lowest BCUT2D eigenvalue weighted by Gasteiger charge is -2.36. The number of primary amides is 1. The number of carbonyl (C=O) groups is 2. The zero-order valence-electron chi connectivity index (χ0n) is 21.2. The molecule has 11 nitrogen and oxygen atoms in total. The van der Waals surface area contributed by atoms with E-state index in [2.05, 4.69) is 15.0 Å². The second-order valence-corrected chi connectivity index (χ2v) is 11.1. The molecule has 38 heavy (non-hydrogen) atoms. The fourth-order valence-corrected chi connectivity index (χ4v) is 6.18. The number of fused-ring (bicyclic) bond motifs is 1. The fraction of sp³-hybridized carbons (Fsp3) is 0.360. The average Bonchev–Trinajstić information content (AvgIpc) is 3.56. The Kier molecular flexibility index (Phi) is 6.88. The molecule has 2 amide bonds. The number of thiazole rings is 2. The van der Waals surface area contributed by atoms with Gasteiger partial charge < -0.3 is 20.5 Å². The van der Waals surface area contributed by atoms with Crippen LogP contribution in [0.15, 0.2) is 29.9 Å². The molecule has 0 saturated carbocycles. The summed E-state index contributed by atoms with van der Waals surface area (Å²) in [7, 11) is 1.58. The predicted octanol–water partition coefficient (Wildman–Crippen LogP) is 4.48. The summed E-state index contributed by atoms with van der Waals surface area (Å²) < 4.78 is 6.18. The quantitative estimate of drug-likeness (QED) is 0.338. The first-order chi connectivity index (χ1) is 18.2. The highest BCUT2D eigenvalue weighted by Crippen LogP contribution is 2.41. The minimum atomic E-state index is -0.763. The molecule has 13 heteroatoms. The lowest BCUT2D eigenvalue weighted by Crippen LogP contribution is -2.43. The van der Waals surface area contributed by atoms with Crippen LogP contribution in [0.1, 0.15) is 26.7 Å². The molecule has 5 rings (SSSR count). The summed E-state index contributed by atoms with van der Waals surface area (Å²) in [6.45, 7) is 5.20. The molecule has 4 aromatic rings. The van der Waals surface area contributed by atoms with E-state index in [4.69, 9.17) is 15.5 Å². The second kappa shape index (κ2) is 10.1. The number of piperidine rings is 1. The van der Waals surface area contributed by atoms with Crippen LogP contribution < -0.4 is 20.3 Å². The number of hydrogen-bond acceptors (Lipinski definition) is 10. The molecule has 4 heterocycles. The molecule has 0 atom stereocenters. The number of rotatable bonds is 7. The third-order valence-corrected chi connectivity index (χ3v) is 8.79. The number of carboxylic acid groups (broad SMARTS) is 1. The van der Waals surface area contributed by atoms with Gasteiger partial charge in [-0.05, 0) is 44.4 Å². The minimum Gasteiger partial charge on any atom is -0.481 e. The number of aromatic nitrogens is 4. The monoisotopic (exact) mass is 553 g/mol. The number of benzene rings is 1. The Labute approximate surface area is 226 Å². The van der Waals surface area contributed by atoms with Crippen LogP contribution in [0.4, 0.5) is 15.9 Å². The number of ether oxygens (including phenoxy) is 1. The van der Waals surface area contributed by atoms with Crippen molar-refractivity contribution < 1.29 is 19.4 Å². The van der Waals surface area contributed by atoms with Crippen molar-refractivity contribution in [3.05, 3.63) is 29.9 Å². The number of nitrogens with two attached hydrogens (primary N) is 1. The third kappa shape index (κ3) is 4.74. The van der Waals surface area contributed by atoms with Crippen LogP contribution in [-0.4, -0.2) is 63.8 Å². The Morgan fingerprint density at radius 1 is 1.18 bits per heavy atom. The third-order valence-electron chi connectivity index (χ3n) is 6.86. The number of nitrogens with zero attached hydrogens (tertiary/aromatic N) is 6. The zero-order valence-corrected chi connectivity index (χ0v) is 22.8. The molecular weight excluding hydrogens is 526 g/mol. The molecule has 0 aliphatic carbocycles. The number of amides is 2. The van der Waals surface area contributed by atoms with Gasteiger partial charge in [0.25, 0.3) is 5.19 Å². The Morgan fingerprint density at radius 3 is 2.47 bits per heavy atom. The van der Waals surface area contributed by atoms with Gasteiger partial charge in [0.1, 0.15) is 0 Å². The molecule has 3 aromatic heterocycles. The van der Waals surface area contributed by atoms with Gasteiger partial charge in [-0.2, -0.15) is 0 Å². The Morgan fingerprint density at radius 2 is 1.89 bits per heavy atom. The fourth-order valence-electron chi connectivity index (χ4n) is 4.40. The maximum atomic E-state index is 12.0. The summed E-state index contributed by atoms with van der Waals surface area (Å²) in [6, 6.07) is 3.39. The van der Waals surface area contributed by atoms with Gasteiger partial charge >= 0.3 is 12.0 Å². The van der Waals surface area contributed by atoms with E-state index in [9.17, 15) is 14.7 Å². The number of carboxylic acids is 1. The zero-order chi connectivity index (χ0) is 27.0. The van der Waals surface area contributed by atoms with Gasteiger partial charge in [0, 0.05) is 48.5 Å². The van der Waals surface area contributed by atoms with Gasteiger partial charge in [-0.25, -0.2) is 24.7 Å². The highest BCUT2D eigenvalue weighted by Gasteiger charge is 2.37. The number of carbonyl (C=O) groups excluding carboxylic acids is 1. The standard InChI is InChI=1S/C25H27N7O4S2/c1-4-32(21(26)35)23-29-17-10-14(9-16(19(17)38-23)18-13-37-24(30-18)36-3)15-11-27-22(28-12-15)31-7-5-25(2,6-8-31)20(33)34/h9-13H,4-8H2,1-3H3,(H2,26,35)(H,33,34). The molecule has 1 fully saturated rings. The van der Waals surface area contributed by atoms with E-state index in [1.165, 1.54) is 27.6 Å². The number of anilines is 2. The van der Waals surface area contributed by atoms with Crippen LogP contribution in [0.25, 0.3) is 32.6 Å². The molecule has 1 aliphatic heterocycles. The molecule has 1 aliphatic rings. The van der Waals surface area contributed by atoms with Crippen LogP contribution in [-0.2, 0) is 4.79 Å². The predicted molar refractivity (Wildman–Crippen MR) is 148 cm³/mol. The van der Waals surface area contributed by atoms with E-state index in [-0.39, 0.29) is 0 Å². The lowest BCUT2D eigenvalue weighted by atomic mass is 9.80. The van der Waals surface area contributed by atoms with E-state index in [0.717, 1.165) is 27.1 Å². The van der Waals surface area contributed by atoms with E-state index in [0.29, 0.717) is 54.3 Å². The molecular formula is C25H27N7O4S2. The molecule has 3 N–H and O–H groups in total. The van der Waals surface area contributed by atoms with E-state index in [1.807, 2.05) is 29.3 Å². The van der Waals surface area contributed by atoms with Crippen molar-refractivity contribution in [1.82, 2.24) is 19.9 Å².